The van der Waals surface area contributed by atoms with Gasteiger partial charge in [-0.3, -0.25) is 4.79 Å². The molecule has 124 valence electrons. The van der Waals surface area contributed by atoms with E-state index in [-0.39, 0.29) is 18.3 Å². The van der Waals surface area contributed by atoms with Crippen molar-refractivity contribution in [3.63, 3.8) is 0 Å². The number of hydrogen-bond donors (Lipinski definition) is 0. The highest BCUT2D eigenvalue weighted by Gasteiger charge is 2.20. The van der Waals surface area contributed by atoms with Crippen LogP contribution in [0.2, 0.25) is 0 Å². The van der Waals surface area contributed by atoms with Gasteiger partial charge in [-0.25, -0.2) is 9.18 Å². The first kappa shape index (κ1) is 16.2. The zero-order chi connectivity index (χ0) is 17.3. The molecule has 0 saturated heterocycles. The van der Waals surface area contributed by atoms with Gasteiger partial charge in [-0.05, 0) is 41.8 Å². The molecule has 0 unspecified atom stereocenters. The van der Waals surface area contributed by atoms with Crippen LogP contribution in [0.5, 0.6) is 0 Å². The maximum atomic E-state index is 13.0. The highest BCUT2D eigenvalue weighted by atomic mass is 32.1. The van der Waals surface area contributed by atoms with Gasteiger partial charge in [0.1, 0.15) is 18.1 Å². The number of methoxy groups -OCH3 is 1. The Morgan fingerprint density at radius 1 is 1.25 bits per heavy atom. The van der Waals surface area contributed by atoms with E-state index in [0.29, 0.717) is 11.4 Å². The van der Waals surface area contributed by atoms with Crippen LogP contribution in [-0.4, -0.2) is 30.6 Å². The fourth-order valence-electron chi connectivity index (χ4n) is 2.47. The fourth-order valence-corrected chi connectivity index (χ4v) is 3.29. The molecule has 3 rings (SSSR count). The first-order chi connectivity index (χ1) is 11.5. The molecule has 0 aliphatic rings. The Hall–Kier alpha value is -2.67. The molecular weight excluding hydrogens is 331 g/mol. The highest BCUT2D eigenvalue weighted by Crippen LogP contribution is 2.26. The Balaban J connectivity index is 1.91. The summed E-state index contributed by atoms with van der Waals surface area (Å²) in [5.74, 6) is -1.08. The van der Waals surface area contributed by atoms with Crippen molar-refractivity contribution in [1.29, 1.82) is 0 Å². The van der Waals surface area contributed by atoms with Gasteiger partial charge in [0.15, 0.2) is 0 Å². The van der Waals surface area contributed by atoms with Crippen molar-refractivity contribution in [3.8, 4) is 0 Å². The van der Waals surface area contributed by atoms with Gasteiger partial charge in [0, 0.05) is 12.7 Å². The number of rotatable bonds is 4. The van der Waals surface area contributed by atoms with Crippen LogP contribution >= 0.6 is 11.3 Å². The molecule has 0 aliphatic carbocycles. The molecule has 0 N–H and O–H groups in total. The molecule has 0 bridgehead atoms. The lowest BCUT2D eigenvalue weighted by Crippen LogP contribution is -2.31. The van der Waals surface area contributed by atoms with E-state index in [4.69, 9.17) is 4.74 Å². The number of carbonyl (C=O) groups is 2. The number of halogens is 1. The van der Waals surface area contributed by atoms with E-state index < -0.39 is 5.97 Å². The van der Waals surface area contributed by atoms with Crippen LogP contribution in [0.1, 0.15) is 10.5 Å². The zero-order valence-corrected chi connectivity index (χ0v) is 14.0. The Morgan fingerprint density at radius 3 is 2.62 bits per heavy atom. The van der Waals surface area contributed by atoms with Crippen molar-refractivity contribution in [2.75, 3.05) is 19.1 Å². The van der Waals surface area contributed by atoms with Crippen LogP contribution in [0, 0.1) is 5.82 Å². The van der Waals surface area contributed by atoms with E-state index in [0.717, 1.165) is 10.2 Å². The van der Waals surface area contributed by atoms with Crippen molar-refractivity contribution in [3.05, 3.63) is 53.3 Å². The van der Waals surface area contributed by atoms with Gasteiger partial charge >= 0.3 is 5.97 Å². The molecule has 0 radical (unpaired) electrons. The molecule has 3 aromatic rings. The van der Waals surface area contributed by atoms with Gasteiger partial charge in [-0.15, -0.1) is 11.3 Å². The van der Waals surface area contributed by atoms with Crippen molar-refractivity contribution >= 4 is 39.1 Å². The lowest BCUT2D eigenvalue weighted by Gasteiger charge is -2.18. The van der Waals surface area contributed by atoms with Gasteiger partial charge < -0.3 is 14.2 Å². The predicted octanol–water partition coefficient (Wildman–Crippen LogP) is 3.29. The number of amides is 1. The Labute approximate surface area is 141 Å². The van der Waals surface area contributed by atoms with Crippen LogP contribution < -0.4 is 4.90 Å². The standard InChI is InChI=1S/C17H15FN2O3S/c1-19(12-5-3-11(18)4-6-12)16(21)10-20-13-7-8-24-15(13)9-14(20)17(22)23-2/h3-9H,10H2,1-2H3. The number of aromatic nitrogens is 1. The zero-order valence-electron chi connectivity index (χ0n) is 13.2. The first-order valence-corrected chi connectivity index (χ1v) is 8.06. The Kier molecular flexibility index (Phi) is 4.35. The largest absolute Gasteiger partial charge is 0.464 e. The maximum absolute atomic E-state index is 13.0. The van der Waals surface area contributed by atoms with Crippen molar-refractivity contribution in [2.45, 2.75) is 6.54 Å². The van der Waals surface area contributed by atoms with E-state index in [1.54, 1.807) is 17.7 Å². The summed E-state index contributed by atoms with van der Waals surface area (Å²) in [7, 11) is 2.92. The predicted molar refractivity (Wildman–Crippen MR) is 91.0 cm³/mol. The second-order valence-corrected chi connectivity index (χ2v) is 6.15. The van der Waals surface area contributed by atoms with E-state index in [9.17, 15) is 14.0 Å². The molecule has 0 saturated carbocycles. The third-order valence-electron chi connectivity index (χ3n) is 3.80. The molecule has 7 heteroatoms. The van der Waals surface area contributed by atoms with Gasteiger partial charge in [0.25, 0.3) is 0 Å². The summed E-state index contributed by atoms with van der Waals surface area (Å²) >= 11 is 1.49. The minimum Gasteiger partial charge on any atom is -0.464 e. The summed E-state index contributed by atoms with van der Waals surface area (Å²) in [6.45, 7) is -0.0153. The molecule has 24 heavy (non-hydrogen) atoms. The number of anilines is 1. The normalized spacial score (nSPS) is 10.8. The Morgan fingerprint density at radius 2 is 1.96 bits per heavy atom. The number of carbonyl (C=O) groups excluding carboxylic acids is 2. The molecule has 2 heterocycles. The number of thiophene rings is 1. The molecule has 1 aromatic carbocycles. The summed E-state index contributed by atoms with van der Waals surface area (Å²) in [6.07, 6.45) is 0. The highest BCUT2D eigenvalue weighted by molar-refractivity contribution is 7.17. The summed E-state index contributed by atoms with van der Waals surface area (Å²) in [5, 5.41) is 1.90. The molecular formula is C17H15FN2O3S. The number of ether oxygens (including phenoxy) is 1. The molecule has 0 aliphatic heterocycles. The van der Waals surface area contributed by atoms with E-state index in [1.165, 1.54) is 47.6 Å². The average Bonchev–Trinajstić information content (AvgIpc) is 3.16. The van der Waals surface area contributed by atoms with Gasteiger partial charge in [0.2, 0.25) is 5.91 Å². The van der Waals surface area contributed by atoms with Crippen LogP contribution in [-0.2, 0) is 16.1 Å². The quantitative estimate of drug-likeness (QED) is 0.681. The molecule has 0 spiro atoms. The summed E-state index contributed by atoms with van der Waals surface area (Å²) in [4.78, 5) is 26.0. The van der Waals surface area contributed by atoms with Crippen molar-refractivity contribution < 1.29 is 18.7 Å². The smallest absolute Gasteiger partial charge is 0.354 e. The topological polar surface area (TPSA) is 51.5 Å². The van der Waals surface area contributed by atoms with Crippen LogP contribution in [0.25, 0.3) is 10.2 Å². The fraction of sp³-hybridized carbons (Fsp3) is 0.176. The minimum absolute atomic E-state index is 0.0153. The number of likely N-dealkylation sites (N-methyl/N-ethyl adjacent to an activating group) is 1. The van der Waals surface area contributed by atoms with E-state index in [2.05, 4.69) is 0 Å². The summed E-state index contributed by atoms with van der Waals surface area (Å²) in [6, 6.07) is 9.24. The maximum Gasteiger partial charge on any atom is 0.354 e. The van der Waals surface area contributed by atoms with Crippen LogP contribution in [0.4, 0.5) is 10.1 Å². The first-order valence-electron chi connectivity index (χ1n) is 7.18. The molecule has 1 amide bonds. The van der Waals surface area contributed by atoms with Gasteiger partial charge in [-0.2, -0.15) is 0 Å². The number of hydrogen-bond acceptors (Lipinski definition) is 4. The molecule has 0 fully saturated rings. The minimum atomic E-state index is -0.490. The average molecular weight is 346 g/mol. The second-order valence-electron chi connectivity index (χ2n) is 5.21. The van der Waals surface area contributed by atoms with Crippen molar-refractivity contribution in [1.82, 2.24) is 4.57 Å². The number of nitrogens with zero attached hydrogens (tertiary/aromatic N) is 2. The lowest BCUT2D eigenvalue weighted by molar-refractivity contribution is -0.118. The van der Waals surface area contributed by atoms with E-state index >= 15 is 0 Å². The van der Waals surface area contributed by atoms with Gasteiger partial charge in [-0.1, -0.05) is 0 Å². The summed E-state index contributed by atoms with van der Waals surface area (Å²) in [5.41, 5.74) is 1.72. The van der Waals surface area contributed by atoms with Crippen LogP contribution in [0.15, 0.2) is 41.8 Å². The third kappa shape index (κ3) is 2.90. The molecule has 0 atom stereocenters. The molecule has 2 aromatic heterocycles. The summed E-state index contributed by atoms with van der Waals surface area (Å²) < 4.78 is 20.4. The van der Waals surface area contributed by atoms with Crippen LogP contribution in [0.3, 0.4) is 0 Å². The number of benzene rings is 1. The molecule has 5 nitrogen and oxygen atoms in total. The monoisotopic (exact) mass is 346 g/mol. The number of esters is 1. The Bertz CT molecular complexity index is 898. The van der Waals surface area contributed by atoms with Crippen molar-refractivity contribution in [2.24, 2.45) is 0 Å². The second kappa shape index (κ2) is 6.45. The SMILES string of the molecule is COC(=O)c1cc2sccc2n1CC(=O)N(C)c1ccc(F)cc1. The third-order valence-corrected chi connectivity index (χ3v) is 4.65. The number of fused-ring (bicyclic) bond motifs is 1. The van der Waals surface area contributed by atoms with E-state index in [1.807, 2.05) is 11.4 Å². The lowest BCUT2D eigenvalue weighted by atomic mass is 10.3. The van der Waals surface area contributed by atoms with Gasteiger partial charge in [0.05, 0.1) is 17.3 Å².